The minimum absolute atomic E-state index is 0.154. The summed E-state index contributed by atoms with van der Waals surface area (Å²) in [4.78, 5) is 22.4. The Morgan fingerprint density at radius 3 is 2.81 bits per heavy atom. The fourth-order valence-corrected chi connectivity index (χ4v) is 2.21. The van der Waals surface area contributed by atoms with E-state index in [4.69, 9.17) is 26.2 Å². The van der Waals surface area contributed by atoms with Crippen LogP contribution in [-0.2, 0) is 14.3 Å². The number of nitrogens with one attached hydrogen (secondary N) is 1. The summed E-state index contributed by atoms with van der Waals surface area (Å²) in [6, 6.07) is 6.88. The minimum atomic E-state index is -0.967. The molecule has 0 bridgehead atoms. The lowest BCUT2D eigenvalue weighted by Crippen LogP contribution is -2.35. The molecule has 1 fully saturated rings. The van der Waals surface area contributed by atoms with Crippen LogP contribution in [0.15, 0.2) is 24.3 Å². The highest BCUT2D eigenvalue weighted by molar-refractivity contribution is 6.32. The Morgan fingerprint density at radius 1 is 1.38 bits per heavy atom. The lowest BCUT2D eigenvalue weighted by molar-refractivity contribution is -0.149. The number of benzene rings is 1. The molecule has 1 aromatic rings. The monoisotopic (exact) mass is 313 g/mol. The van der Waals surface area contributed by atoms with Crippen molar-refractivity contribution in [2.24, 2.45) is 0 Å². The number of ether oxygens (including phenoxy) is 2. The molecule has 2 N–H and O–H groups in total. The first kappa shape index (κ1) is 15.6. The van der Waals surface area contributed by atoms with Crippen molar-refractivity contribution in [1.29, 1.82) is 0 Å². The lowest BCUT2D eigenvalue weighted by atomic mass is 10.2. The number of para-hydroxylation sites is 1. The molecule has 1 aliphatic heterocycles. The highest BCUT2D eigenvalue weighted by atomic mass is 35.5. The average Bonchev–Trinajstić information content (AvgIpc) is 2.93. The zero-order chi connectivity index (χ0) is 15.2. The predicted octanol–water partition coefficient (Wildman–Crippen LogP) is 1.47. The number of amides is 1. The molecule has 114 valence electrons. The fourth-order valence-electron chi connectivity index (χ4n) is 2.02. The van der Waals surface area contributed by atoms with Crippen molar-refractivity contribution in [3.63, 3.8) is 0 Å². The second-order valence-corrected chi connectivity index (χ2v) is 5.09. The van der Waals surface area contributed by atoms with E-state index < -0.39 is 12.1 Å². The first-order chi connectivity index (χ1) is 10.1. The summed E-state index contributed by atoms with van der Waals surface area (Å²) in [5.74, 6) is -0.833. The van der Waals surface area contributed by atoms with Gasteiger partial charge in [-0.15, -0.1) is 0 Å². The molecular weight excluding hydrogens is 298 g/mol. The van der Waals surface area contributed by atoms with Crippen molar-refractivity contribution < 1.29 is 24.2 Å². The third kappa shape index (κ3) is 4.61. The smallest absolute Gasteiger partial charge is 0.332 e. The van der Waals surface area contributed by atoms with Crippen molar-refractivity contribution in [2.45, 2.75) is 25.0 Å². The van der Waals surface area contributed by atoms with Crippen LogP contribution in [0.5, 0.6) is 5.75 Å². The molecule has 1 heterocycles. The first-order valence-electron chi connectivity index (χ1n) is 6.58. The minimum Gasteiger partial charge on any atom is -0.482 e. The Hall–Kier alpha value is -1.79. The van der Waals surface area contributed by atoms with Gasteiger partial charge in [0.15, 0.2) is 12.7 Å². The van der Waals surface area contributed by atoms with Crippen LogP contribution < -0.4 is 10.1 Å². The first-order valence-corrected chi connectivity index (χ1v) is 6.96. The third-order valence-corrected chi connectivity index (χ3v) is 3.42. The van der Waals surface area contributed by atoms with Gasteiger partial charge >= 0.3 is 5.97 Å². The van der Waals surface area contributed by atoms with Crippen molar-refractivity contribution in [3.05, 3.63) is 29.3 Å². The van der Waals surface area contributed by atoms with Crippen LogP contribution >= 0.6 is 11.6 Å². The molecule has 0 spiro atoms. The number of hydrogen-bond acceptors (Lipinski definition) is 4. The molecule has 2 atom stereocenters. The number of carboxylic acid groups (broad SMARTS) is 1. The molecule has 0 aromatic heterocycles. The molecule has 2 rings (SSSR count). The van der Waals surface area contributed by atoms with Crippen LogP contribution in [-0.4, -0.2) is 42.3 Å². The topological polar surface area (TPSA) is 84.9 Å². The number of carboxylic acids is 1. The van der Waals surface area contributed by atoms with Gasteiger partial charge in [-0.1, -0.05) is 23.7 Å². The molecule has 6 nitrogen and oxygen atoms in total. The Kier molecular flexibility index (Phi) is 5.41. The van der Waals surface area contributed by atoms with Crippen LogP contribution in [0, 0.1) is 0 Å². The fraction of sp³-hybridized carbons (Fsp3) is 0.429. The lowest BCUT2D eigenvalue weighted by Gasteiger charge is -2.13. The van der Waals surface area contributed by atoms with Gasteiger partial charge in [0, 0.05) is 6.54 Å². The van der Waals surface area contributed by atoms with E-state index in [-0.39, 0.29) is 25.2 Å². The molecule has 0 radical (unpaired) electrons. The number of aliphatic carboxylic acids is 1. The van der Waals surface area contributed by atoms with Crippen molar-refractivity contribution in [1.82, 2.24) is 5.32 Å². The van der Waals surface area contributed by atoms with Gasteiger partial charge in [-0.05, 0) is 25.0 Å². The summed E-state index contributed by atoms with van der Waals surface area (Å²) < 4.78 is 10.6. The third-order valence-electron chi connectivity index (χ3n) is 3.11. The largest absolute Gasteiger partial charge is 0.482 e. The maximum absolute atomic E-state index is 11.6. The van der Waals surface area contributed by atoms with Gasteiger partial charge in [-0.25, -0.2) is 4.79 Å². The molecule has 1 amide bonds. The molecule has 1 saturated heterocycles. The summed E-state index contributed by atoms with van der Waals surface area (Å²) in [6.07, 6.45) is 0.0378. The maximum atomic E-state index is 11.6. The van der Waals surface area contributed by atoms with Gasteiger partial charge in [0.1, 0.15) is 5.75 Å². The van der Waals surface area contributed by atoms with Gasteiger partial charge in [-0.3, -0.25) is 4.79 Å². The van der Waals surface area contributed by atoms with Crippen molar-refractivity contribution in [2.75, 3.05) is 13.2 Å². The highest BCUT2D eigenvalue weighted by Crippen LogP contribution is 2.23. The average molecular weight is 314 g/mol. The number of rotatable bonds is 6. The number of hydrogen-bond donors (Lipinski definition) is 2. The van der Waals surface area contributed by atoms with E-state index in [2.05, 4.69) is 5.32 Å². The van der Waals surface area contributed by atoms with E-state index >= 15 is 0 Å². The molecule has 21 heavy (non-hydrogen) atoms. The van der Waals surface area contributed by atoms with E-state index in [0.29, 0.717) is 23.6 Å². The summed E-state index contributed by atoms with van der Waals surface area (Å²) in [5.41, 5.74) is 0. The molecule has 2 unspecified atom stereocenters. The van der Waals surface area contributed by atoms with E-state index in [0.717, 1.165) is 0 Å². The normalized spacial score (nSPS) is 21.0. The molecule has 0 aliphatic carbocycles. The van der Waals surface area contributed by atoms with Crippen molar-refractivity contribution >= 4 is 23.5 Å². The predicted molar refractivity (Wildman–Crippen MR) is 75.5 cm³/mol. The second-order valence-electron chi connectivity index (χ2n) is 4.69. The Morgan fingerprint density at radius 2 is 2.14 bits per heavy atom. The number of halogens is 1. The standard InChI is InChI=1S/C14H16ClNO5/c15-10-3-1-2-4-11(10)20-8-13(17)16-7-9-5-6-12(21-9)14(18)19/h1-4,9,12H,5-8H2,(H,16,17)(H,18,19). The van der Waals surface area contributed by atoms with Crippen molar-refractivity contribution in [3.8, 4) is 5.75 Å². The van der Waals surface area contributed by atoms with Crippen LogP contribution in [0.3, 0.4) is 0 Å². The zero-order valence-electron chi connectivity index (χ0n) is 11.3. The van der Waals surface area contributed by atoms with Crippen LogP contribution in [0.4, 0.5) is 0 Å². The van der Waals surface area contributed by atoms with Crippen LogP contribution in [0.1, 0.15) is 12.8 Å². The van der Waals surface area contributed by atoms with Gasteiger partial charge < -0.3 is 19.9 Å². The quantitative estimate of drug-likeness (QED) is 0.830. The Bertz CT molecular complexity index is 522. The number of carbonyl (C=O) groups is 2. The second kappa shape index (κ2) is 7.28. The van der Waals surface area contributed by atoms with Crippen LogP contribution in [0.25, 0.3) is 0 Å². The van der Waals surface area contributed by atoms with Gasteiger partial charge in [0.25, 0.3) is 5.91 Å². The van der Waals surface area contributed by atoms with Crippen LogP contribution in [0.2, 0.25) is 5.02 Å². The van der Waals surface area contributed by atoms with E-state index in [1.807, 2.05) is 0 Å². The van der Waals surface area contributed by atoms with Gasteiger partial charge in [-0.2, -0.15) is 0 Å². The summed E-state index contributed by atoms with van der Waals surface area (Å²) in [5, 5.41) is 11.9. The molecule has 0 saturated carbocycles. The van der Waals surface area contributed by atoms with E-state index in [1.54, 1.807) is 24.3 Å². The van der Waals surface area contributed by atoms with E-state index in [1.165, 1.54) is 0 Å². The highest BCUT2D eigenvalue weighted by Gasteiger charge is 2.30. The molecule has 7 heteroatoms. The number of carbonyl (C=O) groups excluding carboxylic acids is 1. The molecular formula is C14H16ClNO5. The summed E-state index contributed by atoms with van der Waals surface area (Å²) in [7, 11) is 0. The van der Waals surface area contributed by atoms with Gasteiger partial charge in [0.2, 0.25) is 0 Å². The molecule has 1 aliphatic rings. The summed E-state index contributed by atoms with van der Waals surface area (Å²) >= 11 is 5.90. The summed E-state index contributed by atoms with van der Waals surface area (Å²) in [6.45, 7) is 0.118. The Labute approximate surface area is 127 Å². The van der Waals surface area contributed by atoms with E-state index in [9.17, 15) is 9.59 Å². The Balaban J connectivity index is 1.69. The van der Waals surface area contributed by atoms with Gasteiger partial charge in [0.05, 0.1) is 11.1 Å². The maximum Gasteiger partial charge on any atom is 0.332 e. The zero-order valence-corrected chi connectivity index (χ0v) is 12.0. The molecule has 1 aromatic carbocycles. The SMILES string of the molecule is O=C(COc1ccccc1Cl)NCC1CCC(C(=O)O)O1.